The van der Waals surface area contributed by atoms with E-state index >= 15 is 0 Å². The number of ether oxygens (including phenoxy) is 3. The zero-order valence-electron chi connectivity index (χ0n) is 11.8. The number of phenols is 1. The highest BCUT2D eigenvalue weighted by molar-refractivity contribution is 7.70. The van der Waals surface area contributed by atoms with Gasteiger partial charge in [-0.25, -0.2) is 0 Å². The molecule has 2 saturated heterocycles. The van der Waals surface area contributed by atoms with Crippen molar-refractivity contribution in [3.63, 3.8) is 0 Å². The summed E-state index contributed by atoms with van der Waals surface area (Å²) in [7, 11) is -2.31. The molecule has 1 N–H and O–H groups in total. The highest BCUT2D eigenvalue weighted by atomic mass is 31.2. The molecule has 1 aromatic rings. The fourth-order valence-corrected chi connectivity index (χ4v) is 2.65. The zero-order chi connectivity index (χ0) is 14.6. The van der Waals surface area contributed by atoms with E-state index in [1.54, 1.807) is 37.6 Å². The minimum Gasteiger partial charge on any atom is -0.507 e. The van der Waals surface area contributed by atoms with Crippen molar-refractivity contribution in [1.82, 2.24) is 0 Å². The molecule has 2 aliphatic heterocycles. The number of rotatable bonds is 5. The van der Waals surface area contributed by atoms with Gasteiger partial charge in [-0.05, 0) is 25.5 Å². The summed E-state index contributed by atoms with van der Waals surface area (Å²) in [5, 5.41) is 9.83. The minimum absolute atomic E-state index is 0.126. The van der Waals surface area contributed by atoms with E-state index in [1.807, 2.05) is 0 Å². The monoisotopic (exact) mass is 300 g/mol. The molecular weight excluding hydrogens is 279 g/mol. The molecule has 2 unspecified atom stereocenters. The topological polar surface area (TPSA) is 71.6 Å². The molecule has 5 nitrogen and oxygen atoms in total. The maximum Gasteiger partial charge on any atom is 0.126 e. The maximum atomic E-state index is 11.5. The molecule has 0 saturated carbocycles. The van der Waals surface area contributed by atoms with Gasteiger partial charge in [0.05, 0.1) is 31.7 Å². The van der Waals surface area contributed by atoms with E-state index in [4.69, 9.17) is 14.2 Å². The summed E-state index contributed by atoms with van der Waals surface area (Å²) in [6.45, 7) is 6.54. The van der Waals surface area contributed by atoms with Gasteiger partial charge in [0.2, 0.25) is 0 Å². The number of para-hydroxylation sites is 1. The van der Waals surface area contributed by atoms with Gasteiger partial charge in [-0.2, -0.15) is 0 Å². The van der Waals surface area contributed by atoms with Crippen LogP contribution in [0.15, 0.2) is 24.3 Å². The summed E-state index contributed by atoms with van der Waals surface area (Å²) in [6, 6.07) is 6.73. The van der Waals surface area contributed by atoms with E-state index in [1.165, 1.54) is 0 Å². The molecule has 0 aliphatic carbocycles. The average molecular weight is 300 g/mol. The van der Waals surface area contributed by atoms with Gasteiger partial charge < -0.3 is 23.9 Å². The molecule has 1 aromatic carbocycles. The van der Waals surface area contributed by atoms with Crippen LogP contribution < -0.4 is 5.30 Å². The molecule has 2 atom stereocenters. The standard InChI is InChI=1S/C8H11O2P.C6H10O3/c1-11(2,10)8-6-4-3-5-7(8)9;1(5-3-8-5)7-2-6-4-9-6/h3-6,9H,1-2H3;5-6H,1-4H2. The predicted molar refractivity (Wildman–Crippen MR) is 77.5 cm³/mol. The van der Waals surface area contributed by atoms with Gasteiger partial charge in [0, 0.05) is 0 Å². The molecular formula is C14H21O5P. The van der Waals surface area contributed by atoms with E-state index in [-0.39, 0.29) is 5.75 Å². The summed E-state index contributed by atoms with van der Waals surface area (Å²) in [5.41, 5.74) is 0. The lowest BCUT2D eigenvalue weighted by molar-refractivity contribution is 0.102. The first kappa shape index (κ1) is 15.5. The molecule has 3 rings (SSSR count). The Morgan fingerprint density at radius 1 is 1.20 bits per heavy atom. The van der Waals surface area contributed by atoms with Crippen LogP contribution in [0.4, 0.5) is 0 Å². The van der Waals surface area contributed by atoms with Gasteiger partial charge in [-0.3, -0.25) is 0 Å². The smallest absolute Gasteiger partial charge is 0.126 e. The molecule has 20 heavy (non-hydrogen) atoms. The van der Waals surface area contributed by atoms with E-state index < -0.39 is 7.14 Å². The summed E-state index contributed by atoms with van der Waals surface area (Å²) < 4.78 is 26.6. The molecule has 0 aromatic heterocycles. The van der Waals surface area contributed by atoms with Gasteiger partial charge in [-0.15, -0.1) is 0 Å². The normalized spacial score (nSPS) is 23.7. The lowest BCUT2D eigenvalue weighted by Crippen LogP contribution is -2.06. The molecule has 0 amide bonds. The zero-order valence-corrected chi connectivity index (χ0v) is 12.7. The SMILES string of the molecule is C(OCC1CO1)C1CO1.CP(C)(=O)c1ccccc1O. The van der Waals surface area contributed by atoms with E-state index in [2.05, 4.69) is 0 Å². The lowest BCUT2D eigenvalue weighted by Gasteiger charge is -2.07. The van der Waals surface area contributed by atoms with E-state index in [9.17, 15) is 9.67 Å². The maximum absolute atomic E-state index is 11.5. The first-order valence-electron chi connectivity index (χ1n) is 6.61. The minimum atomic E-state index is -2.31. The molecule has 0 spiro atoms. The van der Waals surface area contributed by atoms with Crippen LogP contribution in [0.1, 0.15) is 0 Å². The summed E-state index contributed by atoms with van der Waals surface area (Å²) in [6.07, 6.45) is 0.785. The highest BCUT2D eigenvalue weighted by Crippen LogP contribution is 2.37. The Balaban J connectivity index is 0.000000149. The van der Waals surface area contributed by atoms with Crippen molar-refractivity contribution >= 4 is 12.4 Å². The Kier molecular flexibility index (Phi) is 5.22. The lowest BCUT2D eigenvalue weighted by atomic mass is 10.3. The second kappa shape index (κ2) is 6.72. The number of hydrogen-bond donors (Lipinski definition) is 1. The molecule has 112 valence electrons. The third kappa shape index (κ3) is 5.63. The second-order valence-electron chi connectivity index (χ2n) is 5.29. The molecule has 6 heteroatoms. The van der Waals surface area contributed by atoms with E-state index in [0.29, 0.717) is 17.5 Å². The Morgan fingerprint density at radius 2 is 1.70 bits per heavy atom. The molecule has 2 heterocycles. The number of epoxide rings is 2. The van der Waals surface area contributed by atoms with Gasteiger partial charge in [-0.1, -0.05) is 12.1 Å². The van der Waals surface area contributed by atoms with Crippen molar-refractivity contribution in [1.29, 1.82) is 0 Å². The van der Waals surface area contributed by atoms with Crippen LogP contribution >= 0.6 is 7.14 Å². The van der Waals surface area contributed by atoms with Crippen molar-refractivity contribution in [2.75, 3.05) is 39.8 Å². The molecule has 0 radical (unpaired) electrons. The van der Waals surface area contributed by atoms with Crippen LogP contribution in [-0.2, 0) is 18.8 Å². The summed E-state index contributed by atoms with van der Waals surface area (Å²) in [4.78, 5) is 0. The number of phenolic OH excluding ortho intramolecular Hbond substituents is 1. The van der Waals surface area contributed by atoms with Gasteiger partial charge in [0.15, 0.2) is 0 Å². The fraction of sp³-hybridized carbons (Fsp3) is 0.571. The van der Waals surface area contributed by atoms with Crippen molar-refractivity contribution in [3.05, 3.63) is 24.3 Å². The number of benzene rings is 1. The first-order valence-corrected chi connectivity index (χ1v) is 9.21. The van der Waals surface area contributed by atoms with Crippen LogP contribution in [0.3, 0.4) is 0 Å². The van der Waals surface area contributed by atoms with Crippen molar-refractivity contribution in [3.8, 4) is 5.75 Å². The average Bonchev–Trinajstić information content (AvgIpc) is 3.24. The number of hydrogen-bond acceptors (Lipinski definition) is 5. The Labute approximate surface area is 119 Å². The largest absolute Gasteiger partial charge is 0.507 e. The molecule has 2 fully saturated rings. The van der Waals surface area contributed by atoms with Crippen LogP contribution in [0.25, 0.3) is 0 Å². The van der Waals surface area contributed by atoms with Crippen LogP contribution in [-0.4, -0.2) is 57.1 Å². The summed E-state index contributed by atoms with van der Waals surface area (Å²) in [5.74, 6) is 0.126. The highest BCUT2D eigenvalue weighted by Gasteiger charge is 2.26. The summed E-state index contributed by atoms with van der Waals surface area (Å²) >= 11 is 0. The Morgan fingerprint density at radius 3 is 2.05 bits per heavy atom. The quantitative estimate of drug-likeness (QED) is 0.658. The third-order valence-electron chi connectivity index (χ3n) is 2.87. The van der Waals surface area contributed by atoms with Crippen LogP contribution in [0, 0.1) is 0 Å². The van der Waals surface area contributed by atoms with Crippen molar-refractivity contribution in [2.24, 2.45) is 0 Å². The van der Waals surface area contributed by atoms with Gasteiger partial charge >= 0.3 is 0 Å². The third-order valence-corrected chi connectivity index (χ3v) is 4.41. The Hall–Kier alpha value is -0.870. The molecule has 0 bridgehead atoms. The van der Waals surface area contributed by atoms with Crippen LogP contribution in [0.5, 0.6) is 5.75 Å². The van der Waals surface area contributed by atoms with Crippen molar-refractivity contribution in [2.45, 2.75) is 12.2 Å². The van der Waals surface area contributed by atoms with Crippen molar-refractivity contribution < 1.29 is 23.9 Å². The second-order valence-corrected chi connectivity index (χ2v) is 8.47. The Bertz CT molecular complexity index is 464. The van der Waals surface area contributed by atoms with Gasteiger partial charge in [0.25, 0.3) is 0 Å². The fourth-order valence-electron chi connectivity index (χ4n) is 1.58. The molecule has 2 aliphatic rings. The first-order chi connectivity index (χ1) is 9.47. The van der Waals surface area contributed by atoms with Crippen LogP contribution in [0.2, 0.25) is 0 Å². The van der Waals surface area contributed by atoms with E-state index in [0.717, 1.165) is 26.4 Å². The number of aromatic hydroxyl groups is 1. The van der Waals surface area contributed by atoms with Gasteiger partial charge in [0.1, 0.15) is 25.1 Å². The predicted octanol–water partition coefficient (Wildman–Crippen LogP) is 1.44.